The van der Waals surface area contributed by atoms with Gasteiger partial charge in [-0.2, -0.15) is 0 Å². The van der Waals surface area contributed by atoms with Crippen LogP contribution in [-0.4, -0.2) is 17.0 Å². The van der Waals surface area contributed by atoms with E-state index in [4.69, 9.17) is 4.42 Å². The molecule has 1 fully saturated rings. The third kappa shape index (κ3) is 2.65. The van der Waals surface area contributed by atoms with Gasteiger partial charge in [0.2, 0.25) is 5.91 Å². The number of para-hydroxylation sites is 1. The van der Waals surface area contributed by atoms with Crippen LogP contribution in [0, 0.1) is 30.6 Å². The van der Waals surface area contributed by atoms with Gasteiger partial charge in [-0.15, -0.1) is 0 Å². The second-order valence-corrected chi connectivity index (χ2v) is 6.78. The minimum atomic E-state index is -0.896. The SMILES string of the molecule is Cc1ccc(-c2ccccc2NC(=O)[C@H]2[C@@H](C(=O)O)[C@H]3C=C[C@@H]2C3)o1. The van der Waals surface area contributed by atoms with Crippen molar-refractivity contribution in [2.45, 2.75) is 13.3 Å². The van der Waals surface area contributed by atoms with E-state index in [-0.39, 0.29) is 17.7 Å². The zero-order chi connectivity index (χ0) is 17.6. The Morgan fingerprint density at radius 2 is 1.80 bits per heavy atom. The van der Waals surface area contributed by atoms with Gasteiger partial charge in [0.25, 0.3) is 0 Å². The first kappa shape index (κ1) is 15.7. The molecule has 1 aromatic carbocycles. The Hall–Kier alpha value is -2.82. The Bertz CT molecular complexity index is 866. The summed E-state index contributed by atoms with van der Waals surface area (Å²) < 4.78 is 5.67. The zero-order valence-electron chi connectivity index (χ0n) is 13.8. The molecule has 1 heterocycles. The topological polar surface area (TPSA) is 79.5 Å². The molecule has 0 radical (unpaired) electrons. The first-order chi connectivity index (χ1) is 12.0. The number of carbonyl (C=O) groups excluding carboxylic acids is 1. The number of aryl methyl sites for hydroxylation is 1. The number of amides is 1. The second-order valence-electron chi connectivity index (χ2n) is 6.78. The number of allylic oxidation sites excluding steroid dienone is 2. The number of aliphatic carboxylic acids is 1. The molecule has 4 atom stereocenters. The molecule has 1 amide bonds. The van der Waals surface area contributed by atoms with Gasteiger partial charge in [0.1, 0.15) is 11.5 Å². The van der Waals surface area contributed by atoms with Crippen molar-refractivity contribution in [2.75, 3.05) is 5.32 Å². The van der Waals surface area contributed by atoms with Crippen LogP contribution in [-0.2, 0) is 9.59 Å². The highest BCUT2D eigenvalue weighted by Crippen LogP contribution is 2.48. The number of hydrogen-bond acceptors (Lipinski definition) is 3. The summed E-state index contributed by atoms with van der Waals surface area (Å²) in [5.74, 6) is -0.875. The van der Waals surface area contributed by atoms with Crippen molar-refractivity contribution < 1.29 is 19.1 Å². The van der Waals surface area contributed by atoms with Crippen LogP contribution in [0.4, 0.5) is 5.69 Å². The molecule has 25 heavy (non-hydrogen) atoms. The molecular formula is C20H19NO4. The van der Waals surface area contributed by atoms with Crippen LogP contribution in [0.5, 0.6) is 0 Å². The third-order valence-corrected chi connectivity index (χ3v) is 5.24. The van der Waals surface area contributed by atoms with E-state index in [9.17, 15) is 14.7 Å². The normalized spacial score (nSPS) is 26.8. The Balaban J connectivity index is 1.62. The number of carbonyl (C=O) groups is 2. The molecule has 2 aliphatic rings. The lowest BCUT2D eigenvalue weighted by molar-refractivity contribution is -0.146. The zero-order valence-corrected chi connectivity index (χ0v) is 13.8. The Morgan fingerprint density at radius 1 is 1.08 bits per heavy atom. The van der Waals surface area contributed by atoms with E-state index in [1.165, 1.54) is 0 Å². The second kappa shape index (κ2) is 5.92. The Labute approximate surface area is 145 Å². The summed E-state index contributed by atoms with van der Waals surface area (Å²) in [4.78, 5) is 24.5. The van der Waals surface area contributed by atoms with E-state index >= 15 is 0 Å². The van der Waals surface area contributed by atoms with Crippen molar-refractivity contribution in [3.8, 4) is 11.3 Å². The van der Waals surface area contributed by atoms with Crippen LogP contribution in [0.3, 0.4) is 0 Å². The summed E-state index contributed by atoms with van der Waals surface area (Å²) in [5, 5.41) is 12.5. The van der Waals surface area contributed by atoms with Crippen molar-refractivity contribution in [3.05, 3.63) is 54.3 Å². The molecule has 0 spiro atoms. The number of carboxylic acids is 1. The number of fused-ring (bicyclic) bond motifs is 2. The van der Waals surface area contributed by atoms with Crippen molar-refractivity contribution in [1.82, 2.24) is 0 Å². The van der Waals surface area contributed by atoms with E-state index in [1.807, 2.05) is 55.5 Å². The largest absolute Gasteiger partial charge is 0.481 e. The summed E-state index contributed by atoms with van der Waals surface area (Å²) in [6.07, 6.45) is 4.66. The minimum Gasteiger partial charge on any atom is -0.481 e. The van der Waals surface area contributed by atoms with Gasteiger partial charge in [-0.1, -0.05) is 24.3 Å². The summed E-state index contributed by atoms with van der Waals surface area (Å²) in [6, 6.07) is 11.1. The van der Waals surface area contributed by atoms with Gasteiger partial charge >= 0.3 is 5.97 Å². The highest BCUT2D eigenvalue weighted by Gasteiger charge is 2.51. The van der Waals surface area contributed by atoms with Crippen LogP contribution in [0.25, 0.3) is 11.3 Å². The molecule has 2 aliphatic carbocycles. The smallest absolute Gasteiger partial charge is 0.307 e. The molecule has 0 aliphatic heterocycles. The van der Waals surface area contributed by atoms with Crippen molar-refractivity contribution in [2.24, 2.45) is 23.7 Å². The number of rotatable bonds is 4. The summed E-state index contributed by atoms with van der Waals surface area (Å²) in [7, 11) is 0. The standard InChI is InChI=1S/C20H19NO4/c1-11-6-9-16(25-11)14-4-2-3-5-15(14)21-19(22)17-12-7-8-13(10-12)18(17)20(23)24/h2-9,12-13,17-18H,10H2,1H3,(H,21,22)(H,23,24)/t12-,13+,17-,18+/m1/s1. The van der Waals surface area contributed by atoms with E-state index < -0.39 is 17.8 Å². The average molecular weight is 337 g/mol. The van der Waals surface area contributed by atoms with Crippen molar-refractivity contribution in [1.29, 1.82) is 0 Å². The molecule has 1 saturated carbocycles. The van der Waals surface area contributed by atoms with Crippen molar-refractivity contribution in [3.63, 3.8) is 0 Å². The summed E-state index contributed by atoms with van der Waals surface area (Å²) in [6.45, 7) is 1.86. The Kier molecular flexibility index (Phi) is 3.71. The number of anilines is 1. The molecule has 2 aromatic rings. The summed E-state index contributed by atoms with van der Waals surface area (Å²) >= 11 is 0. The van der Waals surface area contributed by atoms with Gasteiger partial charge in [-0.05, 0) is 49.4 Å². The number of carboxylic acid groups (broad SMARTS) is 1. The highest BCUT2D eigenvalue weighted by molar-refractivity contribution is 5.99. The number of hydrogen-bond donors (Lipinski definition) is 2. The Morgan fingerprint density at radius 3 is 2.48 bits per heavy atom. The van der Waals surface area contributed by atoms with Gasteiger partial charge < -0.3 is 14.8 Å². The van der Waals surface area contributed by atoms with Crippen LogP contribution < -0.4 is 5.32 Å². The molecule has 0 saturated heterocycles. The number of benzene rings is 1. The van der Waals surface area contributed by atoms with Gasteiger partial charge in [0, 0.05) is 5.56 Å². The molecule has 5 heteroatoms. The maximum atomic E-state index is 12.9. The average Bonchev–Trinajstić information content (AvgIpc) is 3.30. The molecule has 2 N–H and O–H groups in total. The molecular weight excluding hydrogens is 318 g/mol. The fourth-order valence-electron chi connectivity index (χ4n) is 4.12. The molecule has 5 nitrogen and oxygen atoms in total. The predicted octanol–water partition coefficient (Wildman–Crippen LogP) is 3.72. The van der Waals surface area contributed by atoms with Crippen LogP contribution in [0.1, 0.15) is 12.2 Å². The van der Waals surface area contributed by atoms with E-state index in [2.05, 4.69) is 5.32 Å². The molecule has 4 rings (SSSR count). The third-order valence-electron chi connectivity index (χ3n) is 5.24. The highest BCUT2D eigenvalue weighted by atomic mass is 16.4. The maximum Gasteiger partial charge on any atom is 0.307 e. The minimum absolute atomic E-state index is 0.00381. The number of furan rings is 1. The van der Waals surface area contributed by atoms with Gasteiger partial charge in [-0.25, -0.2) is 0 Å². The first-order valence-electron chi connectivity index (χ1n) is 8.42. The maximum absolute atomic E-state index is 12.9. The monoisotopic (exact) mass is 337 g/mol. The fourth-order valence-corrected chi connectivity index (χ4v) is 4.12. The quantitative estimate of drug-likeness (QED) is 0.834. The lowest BCUT2D eigenvalue weighted by Gasteiger charge is -2.24. The molecule has 1 aromatic heterocycles. The van der Waals surface area contributed by atoms with Crippen molar-refractivity contribution >= 4 is 17.6 Å². The fraction of sp³-hybridized carbons (Fsp3) is 0.300. The lowest BCUT2D eigenvalue weighted by Crippen LogP contribution is -2.36. The van der Waals surface area contributed by atoms with Gasteiger partial charge in [0.15, 0.2) is 0 Å². The van der Waals surface area contributed by atoms with Crippen LogP contribution in [0.15, 0.2) is 53.0 Å². The van der Waals surface area contributed by atoms with E-state index in [1.54, 1.807) is 0 Å². The first-order valence-corrected chi connectivity index (χ1v) is 8.42. The van der Waals surface area contributed by atoms with E-state index in [0.717, 1.165) is 17.7 Å². The predicted molar refractivity (Wildman–Crippen MR) is 92.9 cm³/mol. The molecule has 128 valence electrons. The molecule has 2 bridgehead atoms. The van der Waals surface area contributed by atoms with Gasteiger partial charge in [0.05, 0.1) is 17.5 Å². The summed E-state index contributed by atoms with van der Waals surface area (Å²) in [5.41, 5.74) is 1.42. The van der Waals surface area contributed by atoms with Crippen LogP contribution >= 0.6 is 0 Å². The molecule has 0 unspecified atom stereocenters. The van der Waals surface area contributed by atoms with E-state index in [0.29, 0.717) is 11.4 Å². The van der Waals surface area contributed by atoms with Crippen LogP contribution in [0.2, 0.25) is 0 Å². The lowest BCUT2D eigenvalue weighted by atomic mass is 9.82. The van der Waals surface area contributed by atoms with Gasteiger partial charge in [-0.3, -0.25) is 9.59 Å². The number of nitrogens with one attached hydrogen (secondary N) is 1.